The highest BCUT2D eigenvalue weighted by Gasteiger charge is 2.13. The molecular weight excluding hydrogens is 534 g/mol. The summed E-state index contributed by atoms with van der Waals surface area (Å²) in [5.41, 5.74) is 4.90. The number of benzene rings is 7. The first kappa shape index (κ1) is 24.6. The Labute approximate surface area is 254 Å². The molecular formula is C41H25N3. The van der Waals surface area contributed by atoms with Crippen LogP contribution in [0.15, 0.2) is 152 Å². The van der Waals surface area contributed by atoms with E-state index < -0.39 is 0 Å². The predicted octanol–water partition coefficient (Wildman–Crippen LogP) is 10.6. The molecule has 0 aliphatic carbocycles. The first-order valence-corrected chi connectivity index (χ1v) is 14.8. The maximum absolute atomic E-state index is 5.15. The Morgan fingerprint density at radius 3 is 1.32 bits per heavy atom. The lowest BCUT2D eigenvalue weighted by Gasteiger charge is -2.12. The van der Waals surface area contributed by atoms with Crippen LogP contribution in [0.5, 0.6) is 0 Å². The van der Waals surface area contributed by atoms with Gasteiger partial charge >= 0.3 is 0 Å². The highest BCUT2D eigenvalue weighted by atomic mass is 14.9. The Balaban J connectivity index is 1.24. The zero-order valence-corrected chi connectivity index (χ0v) is 23.8. The fourth-order valence-corrected chi connectivity index (χ4v) is 6.29. The van der Waals surface area contributed by atoms with E-state index in [-0.39, 0.29) is 0 Å². The molecule has 9 aromatic rings. The molecule has 3 nitrogen and oxygen atoms in total. The Morgan fingerprint density at radius 2 is 0.750 bits per heavy atom. The second kappa shape index (κ2) is 9.82. The SMILES string of the molecule is c1ccc2cc3cc(-c4cc(-c5ccc6cc7ccccc7cc6c5)nc(-c5ccc6cnccc6c5)n4)ccc3cc2c1. The average Bonchev–Trinajstić information content (AvgIpc) is 3.09. The van der Waals surface area contributed by atoms with E-state index >= 15 is 0 Å². The third-order valence-corrected chi connectivity index (χ3v) is 8.63. The van der Waals surface area contributed by atoms with Crippen LogP contribution in [0.4, 0.5) is 0 Å². The Hall–Kier alpha value is -5.93. The molecule has 9 rings (SSSR count). The summed E-state index contributed by atoms with van der Waals surface area (Å²) in [6.45, 7) is 0. The summed E-state index contributed by atoms with van der Waals surface area (Å²) in [5.74, 6) is 0.702. The molecule has 0 atom stereocenters. The van der Waals surface area contributed by atoms with Crippen LogP contribution < -0.4 is 0 Å². The molecule has 204 valence electrons. The normalized spacial score (nSPS) is 11.6. The molecule has 0 N–H and O–H groups in total. The van der Waals surface area contributed by atoms with Crippen molar-refractivity contribution in [3.05, 3.63) is 152 Å². The van der Waals surface area contributed by atoms with Crippen LogP contribution in [-0.4, -0.2) is 15.0 Å². The summed E-state index contributed by atoms with van der Waals surface area (Å²) < 4.78 is 0. The molecule has 2 aromatic heterocycles. The number of pyridine rings is 1. The molecule has 3 heteroatoms. The van der Waals surface area contributed by atoms with E-state index in [0.29, 0.717) is 5.82 Å². The van der Waals surface area contributed by atoms with Crippen molar-refractivity contribution in [2.45, 2.75) is 0 Å². The zero-order valence-electron chi connectivity index (χ0n) is 23.8. The standard InChI is InChI=1S/C41H25N3/c1-3-7-28-20-37-22-33(11-9-30(37)17-26(28)5-1)39-24-40(44-41(43-39)35-13-14-36-25-42-16-15-32(36)19-35)34-12-10-31-18-27-6-2-4-8-29(27)21-38(31)23-34/h1-25H. The molecule has 0 radical (unpaired) electrons. The maximum Gasteiger partial charge on any atom is 0.160 e. The van der Waals surface area contributed by atoms with Gasteiger partial charge in [0.1, 0.15) is 0 Å². The minimum atomic E-state index is 0.702. The van der Waals surface area contributed by atoms with Gasteiger partial charge in [-0.2, -0.15) is 0 Å². The Bertz CT molecular complexity index is 2430. The van der Waals surface area contributed by atoms with E-state index in [9.17, 15) is 0 Å². The van der Waals surface area contributed by atoms with Crippen molar-refractivity contribution < 1.29 is 0 Å². The first-order chi connectivity index (χ1) is 21.7. The summed E-state index contributed by atoms with van der Waals surface area (Å²) in [4.78, 5) is 14.6. The van der Waals surface area contributed by atoms with E-state index in [1.54, 1.807) is 0 Å². The maximum atomic E-state index is 5.15. The fraction of sp³-hybridized carbons (Fsp3) is 0. The Kier molecular flexibility index (Phi) is 5.50. The summed E-state index contributed by atoms with van der Waals surface area (Å²) in [6.07, 6.45) is 3.71. The van der Waals surface area contributed by atoms with E-state index in [1.165, 1.54) is 43.1 Å². The van der Waals surface area contributed by atoms with Gasteiger partial charge in [-0.05, 0) is 103 Å². The molecule has 0 bridgehead atoms. The van der Waals surface area contributed by atoms with Gasteiger partial charge in [0.2, 0.25) is 0 Å². The van der Waals surface area contributed by atoms with Crippen molar-refractivity contribution in [2.24, 2.45) is 0 Å². The molecule has 0 aliphatic rings. The van der Waals surface area contributed by atoms with E-state index in [2.05, 4.69) is 138 Å². The van der Waals surface area contributed by atoms with Crippen LogP contribution in [0.2, 0.25) is 0 Å². The average molecular weight is 560 g/mol. The summed E-state index contributed by atoms with van der Waals surface area (Å²) >= 11 is 0. The lowest BCUT2D eigenvalue weighted by Crippen LogP contribution is -1.96. The van der Waals surface area contributed by atoms with Crippen LogP contribution in [-0.2, 0) is 0 Å². The van der Waals surface area contributed by atoms with Gasteiger partial charge in [-0.25, -0.2) is 9.97 Å². The lowest BCUT2D eigenvalue weighted by molar-refractivity contribution is 1.19. The van der Waals surface area contributed by atoms with Crippen molar-refractivity contribution in [3.63, 3.8) is 0 Å². The lowest BCUT2D eigenvalue weighted by atomic mass is 9.98. The third kappa shape index (κ3) is 4.26. The number of fused-ring (bicyclic) bond motifs is 5. The molecule has 0 amide bonds. The molecule has 0 fully saturated rings. The molecule has 0 saturated heterocycles. The zero-order chi connectivity index (χ0) is 29.0. The second-order valence-corrected chi connectivity index (χ2v) is 11.4. The van der Waals surface area contributed by atoms with Gasteiger partial charge in [-0.1, -0.05) is 84.9 Å². The molecule has 44 heavy (non-hydrogen) atoms. The largest absolute Gasteiger partial charge is 0.264 e. The highest BCUT2D eigenvalue weighted by Crippen LogP contribution is 2.33. The van der Waals surface area contributed by atoms with Crippen LogP contribution >= 0.6 is 0 Å². The van der Waals surface area contributed by atoms with Gasteiger partial charge in [-0.3, -0.25) is 4.98 Å². The Morgan fingerprint density at radius 1 is 0.318 bits per heavy atom. The molecule has 0 saturated carbocycles. The number of rotatable bonds is 3. The molecule has 0 unspecified atom stereocenters. The van der Waals surface area contributed by atoms with Crippen LogP contribution in [0.25, 0.3) is 87.8 Å². The van der Waals surface area contributed by atoms with Crippen molar-refractivity contribution in [1.29, 1.82) is 0 Å². The highest BCUT2D eigenvalue weighted by molar-refractivity contribution is 6.01. The number of aromatic nitrogens is 3. The van der Waals surface area contributed by atoms with Crippen molar-refractivity contribution in [1.82, 2.24) is 15.0 Å². The molecule has 0 spiro atoms. The minimum Gasteiger partial charge on any atom is -0.264 e. The molecule has 2 heterocycles. The minimum absolute atomic E-state index is 0.702. The van der Waals surface area contributed by atoms with Gasteiger partial charge in [0.25, 0.3) is 0 Å². The summed E-state index contributed by atoms with van der Waals surface area (Å²) in [6, 6.07) is 49.8. The smallest absolute Gasteiger partial charge is 0.160 e. The number of hydrogen-bond donors (Lipinski definition) is 0. The molecule has 0 aliphatic heterocycles. The monoisotopic (exact) mass is 559 g/mol. The van der Waals surface area contributed by atoms with Gasteiger partial charge in [0.15, 0.2) is 5.82 Å². The quantitative estimate of drug-likeness (QED) is 0.202. The molecule has 7 aromatic carbocycles. The number of nitrogens with zero attached hydrogens (tertiary/aromatic N) is 3. The van der Waals surface area contributed by atoms with Crippen molar-refractivity contribution in [3.8, 4) is 33.9 Å². The topological polar surface area (TPSA) is 38.7 Å². The summed E-state index contributed by atoms with van der Waals surface area (Å²) in [5, 5.41) is 12.0. The fourth-order valence-electron chi connectivity index (χ4n) is 6.29. The number of hydrogen-bond acceptors (Lipinski definition) is 3. The van der Waals surface area contributed by atoms with Crippen LogP contribution in [0, 0.1) is 0 Å². The second-order valence-electron chi connectivity index (χ2n) is 11.4. The summed E-state index contributed by atoms with van der Waals surface area (Å²) in [7, 11) is 0. The van der Waals surface area contributed by atoms with Gasteiger partial charge in [0, 0.05) is 34.5 Å². The van der Waals surface area contributed by atoms with Crippen LogP contribution in [0.1, 0.15) is 0 Å². The van der Waals surface area contributed by atoms with E-state index in [0.717, 1.165) is 38.9 Å². The first-order valence-electron chi connectivity index (χ1n) is 14.8. The van der Waals surface area contributed by atoms with E-state index in [4.69, 9.17) is 9.97 Å². The van der Waals surface area contributed by atoms with Gasteiger partial charge < -0.3 is 0 Å². The van der Waals surface area contributed by atoms with Gasteiger partial charge in [-0.15, -0.1) is 0 Å². The van der Waals surface area contributed by atoms with Crippen LogP contribution in [0.3, 0.4) is 0 Å². The van der Waals surface area contributed by atoms with E-state index in [1.807, 2.05) is 18.5 Å². The third-order valence-electron chi connectivity index (χ3n) is 8.63. The predicted molar refractivity (Wildman–Crippen MR) is 184 cm³/mol. The van der Waals surface area contributed by atoms with Gasteiger partial charge in [0.05, 0.1) is 11.4 Å². The van der Waals surface area contributed by atoms with Crippen molar-refractivity contribution in [2.75, 3.05) is 0 Å². The van der Waals surface area contributed by atoms with Crippen molar-refractivity contribution >= 4 is 53.9 Å².